The van der Waals surface area contributed by atoms with Crippen molar-refractivity contribution in [3.63, 3.8) is 0 Å². The summed E-state index contributed by atoms with van der Waals surface area (Å²) in [4.78, 5) is 34.5. The summed E-state index contributed by atoms with van der Waals surface area (Å²) >= 11 is 6.73. The van der Waals surface area contributed by atoms with Gasteiger partial charge in [0, 0.05) is 42.8 Å². The van der Waals surface area contributed by atoms with Gasteiger partial charge in [0.15, 0.2) is 5.83 Å². The zero-order valence-corrected chi connectivity index (χ0v) is 27.1. The van der Waals surface area contributed by atoms with Crippen LogP contribution in [-0.4, -0.2) is 90.7 Å². The van der Waals surface area contributed by atoms with Crippen molar-refractivity contribution in [1.29, 1.82) is 0 Å². The van der Waals surface area contributed by atoms with Gasteiger partial charge in [-0.15, -0.1) is 0 Å². The van der Waals surface area contributed by atoms with E-state index < -0.39 is 17.8 Å². The molecule has 2 aliphatic carbocycles. The summed E-state index contributed by atoms with van der Waals surface area (Å²) in [6, 6.07) is 12.4. The normalized spacial score (nSPS) is 23.5. The van der Waals surface area contributed by atoms with E-state index in [-0.39, 0.29) is 19.2 Å². The van der Waals surface area contributed by atoms with E-state index in [1.807, 2.05) is 12.1 Å². The molecule has 1 amide bonds. The molecule has 11 heteroatoms. The summed E-state index contributed by atoms with van der Waals surface area (Å²) in [5, 5.41) is 2.82. The summed E-state index contributed by atoms with van der Waals surface area (Å²) in [7, 11) is 4.26. The highest BCUT2D eigenvalue weighted by atomic mass is 35.5. The zero-order chi connectivity index (χ0) is 32.2. The Kier molecular flexibility index (Phi) is 8.02. The van der Waals surface area contributed by atoms with Crippen LogP contribution in [0.25, 0.3) is 15.6 Å². The first-order valence-electron chi connectivity index (χ1n) is 16.1. The van der Waals surface area contributed by atoms with Gasteiger partial charge in [0.25, 0.3) is 5.91 Å². The van der Waals surface area contributed by atoms with Crippen LogP contribution in [0, 0.1) is 12.0 Å². The second kappa shape index (κ2) is 12.0. The average Bonchev–Trinajstić information content (AvgIpc) is 3.73. The van der Waals surface area contributed by atoms with Crippen molar-refractivity contribution in [2.45, 2.75) is 56.8 Å². The lowest BCUT2D eigenvalue weighted by molar-refractivity contribution is -0.131. The average molecular weight is 644 g/mol. The summed E-state index contributed by atoms with van der Waals surface area (Å²) < 4.78 is 20.6. The molecular weight excluding hydrogens is 605 g/mol. The number of aromatic nitrogens is 2. The SMILES string of the molecule is [C-]#[N+]C[C@H]1CN(c2nc(O[C@@H]3CCC4(CC4)[C@H]3N(C)C)nc3c2CCN(c2cccc4cccc(Cl)c24)C3)CCN1C(=O)C(=C)F. The Hall–Kier alpha value is -3.94. The smallest absolute Gasteiger partial charge is 0.319 e. The molecule has 1 aromatic heterocycles. The molecule has 1 saturated heterocycles. The number of carbonyl (C=O) groups is 1. The standard InChI is InChI=1S/C35H39ClFN7O2/c1-22(37)33(45)44-18-17-43(20-24(44)19-38-2)32-25-12-16-42(28-10-6-8-23-7-5-9-26(36)30(23)28)21-27(25)39-34(40-32)46-29-11-13-35(14-15-35)31(29)41(3)4/h5-10,24,29,31H,1,11-21H2,3-4H3/t24-,29+,31-/m0/s1. The van der Waals surface area contributed by atoms with Crippen LogP contribution in [-0.2, 0) is 17.8 Å². The van der Waals surface area contributed by atoms with Gasteiger partial charge in [-0.1, -0.05) is 42.4 Å². The van der Waals surface area contributed by atoms with Crippen LogP contribution in [0.5, 0.6) is 6.01 Å². The second-order valence-electron chi connectivity index (χ2n) is 13.4. The number of hydrogen-bond acceptors (Lipinski definition) is 7. The number of carbonyl (C=O) groups excluding carboxylic acids is 1. The molecule has 7 rings (SSSR count). The van der Waals surface area contributed by atoms with Crippen LogP contribution in [0.3, 0.4) is 0 Å². The fraction of sp³-hybridized carbons (Fsp3) is 0.486. The van der Waals surface area contributed by atoms with Gasteiger partial charge in [-0.25, -0.2) is 11.0 Å². The molecule has 0 unspecified atom stereocenters. The molecule has 46 heavy (non-hydrogen) atoms. The molecule has 0 bridgehead atoms. The van der Waals surface area contributed by atoms with Crippen molar-refractivity contribution in [1.82, 2.24) is 19.8 Å². The fourth-order valence-corrected chi connectivity index (χ4v) is 8.43. The van der Waals surface area contributed by atoms with Gasteiger partial charge in [0.1, 0.15) is 18.0 Å². The van der Waals surface area contributed by atoms with Gasteiger partial charge < -0.3 is 29.2 Å². The minimum atomic E-state index is -1.01. The van der Waals surface area contributed by atoms with E-state index in [0.29, 0.717) is 48.5 Å². The number of fused-ring (bicyclic) bond motifs is 2. The first-order chi connectivity index (χ1) is 22.2. The van der Waals surface area contributed by atoms with E-state index in [1.54, 1.807) is 0 Å². The summed E-state index contributed by atoms with van der Waals surface area (Å²) in [6.45, 7) is 13.2. The molecule has 1 spiro atoms. The molecule has 9 nitrogen and oxygen atoms in total. The molecule has 3 atom stereocenters. The Bertz CT molecular complexity index is 1730. The first-order valence-corrected chi connectivity index (χ1v) is 16.5. The van der Waals surface area contributed by atoms with E-state index in [9.17, 15) is 9.18 Å². The maximum absolute atomic E-state index is 13.9. The van der Waals surface area contributed by atoms with Crippen molar-refractivity contribution in [3.8, 4) is 6.01 Å². The number of nitrogens with zero attached hydrogens (tertiary/aromatic N) is 7. The highest BCUT2D eigenvalue weighted by Gasteiger charge is 2.58. The van der Waals surface area contributed by atoms with Crippen LogP contribution in [0.1, 0.15) is 36.9 Å². The summed E-state index contributed by atoms with van der Waals surface area (Å²) in [5.41, 5.74) is 3.33. The number of ether oxygens (including phenoxy) is 1. The number of rotatable bonds is 7. The quantitative estimate of drug-likeness (QED) is 0.248. The van der Waals surface area contributed by atoms with Crippen molar-refractivity contribution >= 4 is 39.8 Å². The lowest BCUT2D eigenvalue weighted by atomic mass is 9.99. The number of benzene rings is 2. The Morgan fingerprint density at radius 3 is 2.65 bits per heavy atom. The molecular formula is C35H39ClFN7O2. The summed E-state index contributed by atoms with van der Waals surface area (Å²) in [5.74, 6) is -0.985. The number of hydrogen-bond donors (Lipinski definition) is 0. The van der Waals surface area contributed by atoms with Crippen LogP contribution in [0.2, 0.25) is 5.02 Å². The molecule has 2 aromatic carbocycles. The summed E-state index contributed by atoms with van der Waals surface area (Å²) in [6.07, 6.45) is 5.24. The number of piperazine rings is 1. The number of likely N-dealkylation sites (N-methyl/N-ethyl adjacent to an activating group) is 1. The van der Waals surface area contributed by atoms with E-state index in [4.69, 9.17) is 32.9 Å². The molecule has 3 fully saturated rings. The van der Waals surface area contributed by atoms with E-state index in [2.05, 4.69) is 64.5 Å². The van der Waals surface area contributed by atoms with Gasteiger partial charge in [-0.2, -0.15) is 9.97 Å². The molecule has 3 heterocycles. The van der Waals surface area contributed by atoms with E-state index in [0.717, 1.165) is 52.9 Å². The predicted octanol–water partition coefficient (Wildman–Crippen LogP) is 5.52. The third-order valence-electron chi connectivity index (χ3n) is 10.4. The lowest BCUT2D eigenvalue weighted by Crippen LogP contribution is -2.57. The van der Waals surface area contributed by atoms with E-state index in [1.165, 1.54) is 17.7 Å². The maximum Gasteiger partial charge on any atom is 0.319 e. The van der Waals surface area contributed by atoms with Gasteiger partial charge >= 0.3 is 6.01 Å². The largest absolute Gasteiger partial charge is 0.458 e. The van der Waals surface area contributed by atoms with Crippen molar-refractivity contribution < 1.29 is 13.9 Å². The Morgan fingerprint density at radius 2 is 1.93 bits per heavy atom. The van der Waals surface area contributed by atoms with Crippen LogP contribution < -0.4 is 14.5 Å². The topological polar surface area (TPSA) is 69.4 Å². The molecule has 4 aliphatic rings. The van der Waals surface area contributed by atoms with Crippen LogP contribution in [0.4, 0.5) is 15.9 Å². The Morgan fingerprint density at radius 1 is 1.15 bits per heavy atom. The molecule has 240 valence electrons. The van der Waals surface area contributed by atoms with Gasteiger partial charge in [-0.3, -0.25) is 4.79 Å². The Labute approximate surface area is 274 Å². The highest BCUT2D eigenvalue weighted by molar-refractivity contribution is 6.36. The molecule has 2 aliphatic heterocycles. The van der Waals surface area contributed by atoms with E-state index >= 15 is 0 Å². The monoisotopic (exact) mass is 643 g/mol. The number of amides is 1. The third kappa shape index (κ3) is 5.43. The van der Waals surface area contributed by atoms with Gasteiger partial charge in [-0.05, 0) is 69.1 Å². The predicted molar refractivity (Wildman–Crippen MR) is 178 cm³/mol. The molecule has 2 saturated carbocycles. The highest BCUT2D eigenvalue weighted by Crippen LogP contribution is 2.59. The van der Waals surface area contributed by atoms with Crippen molar-refractivity contribution in [2.75, 3.05) is 56.6 Å². The minimum absolute atomic E-state index is 0.0140. The van der Waals surface area contributed by atoms with Gasteiger partial charge in [0.2, 0.25) is 6.54 Å². The fourth-order valence-electron chi connectivity index (χ4n) is 8.16. The Balaban J connectivity index is 1.25. The lowest BCUT2D eigenvalue weighted by Gasteiger charge is -2.41. The number of halogens is 2. The van der Waals surface area contributed by atoms with Crippen molar-refractivity contribution in [2.24, 2.45) is 5.41 Å². The molecule has 0 radical (unpaired) electrons. The third-order valence-corrected chi connectivity index (χ3v) is 10.7. The van der Waals surface area contributed by atoms with Crippen LogP contribution in [0.15, 0.2) is 48.8 Å². The minimum Gasteiger partial charge on any atom is -0.458 e. The van der Waals surface area contributed by atoms with Crippen LogP contribution >= 0.6 is 11.6 Å². The van der Waals surface area contributed by atoms with Gasteiger partial charge in [0.05, 0.1) is 23.3 Å². The number of anilines is 2. The molecule has 3 aromatic rings. The first kappa shape index (κ1) is 30.7. The zero-order valence-electron chi connectivity index (χ0n) is 26.4. The second-order valence-corrected chi connectivity index (χ2v) is 13.8. The molecule has 0 N–H and O–H groups in total. The maximum atomic E-state index is 13.9. The van der Waals surface area contributed by atoms with Crippen molar-refractivity contribution in [3.05, 3.63) is 76.5 Å².